The second-order valence-electron chi connectivity index (χ2n) is 5.68. The molecule has 1 saturated heterocycles. The van der Waals surface area contributed by atoms with Crippen molar-refractivity contribution in [3.8, 4) is 0 Å². The summed E-state index contributed by atoms with van der Waals surface area (Å²) in [5, 5.41) is 2.81. The smallest absolute Gasteiger partial charge is 0.408 e. The summed E-state index contributed by atoms with van der Waals surface area (Å²) in [5.41, 5.74) is 0.953. The van der Waals surface area contributed by atoms with E-state index >= 15 is 0 Å². The van der Waals surface area contributed by atoms with Crippen LogP contribution in [0.1, 0.15) is 19.4 Å². The first-order valence-electron chi connectivity index (χ1n) is 7.05. The maximum absolute atomic E-state index is 11.9. The summed E-state index contributed by atoms with van der Waals surface area (Å²) < 4.78 is 16.7. The van der Waals surface area contributed by atoms with Crippen LogP contribution in [0, 0.1) is 0 Å². The van der Waals surface area contributed by atoms with Crippen LogP contribution in [0.2, 0.25) is 0 Å². The Morgan fingerprint density at radius 2 is 2.00 bits per heavy atom. The number of hydrogen-bond acceptors (Lipinski definition) is 4. The van der Waals surface area contributed by atoms with Crippen molar-refractivity contribution in [2.75, 3.05) is 0 Å². The Balaban J connectivity index is 1.51. The van der Waals surface area contributed by atoms with Gasteiger partial charge in [-0.1, -0.05) is 42.5 Å². The van der Waals surface area contributed by atoms with Gasteiger partial charge in [-0.2, -0.15) is 0 Å². The van der Waals surface area contributed by atoms with Crippen molar-refractivity contribution in [3.63, 3.8) is 0 Å². The molecule has 5 heteroatoms. The molecule has 0 bridgehead atoms. The molecule has 1 aromatic carbocycles. The lowest BCUT2D eigenvalue weighted by Gasteiger charge is -2.21. The molecular weight excluding hydrogens is 270 g/mol. The summed E-state index contributed by atoms with van der Waals surface area (Å²) >= 11 is 0. The van der Waals surface area contributed by atoms with Crippen LogP contribution in [0.5, 0.6) is 0 Å². The average Bonchev–Trinajstić information content (AvgIpc) is 2.94. The molecule has 112 valence electrons. The molecule has 5 nitrogen and oxygen atoms in total. The lowest BCUT2D eigenvalue weighted by molar-refractivity contribution is -0.145. The molecule has 3 rings (SSSR count). The molecule has 1 fully saturated rings. The lowest BCUT2D eigenvalue weighted by Crippen LogP contribution is -2.43. The zero-order valence-electron chi connectivity index (χ0n) is 12.1. The van der Waals surface area contributed by atoms with Gasteiger partial charge in [0, 0.05) is 0 Å². The molecular formula is C16H19NO4. The standard InChI is InChI=1S/C16H19NO4/c1-16(2)20-13-9-8-12(14(13)21-16)17-15(18)19-10-11-6-4-3-5-7-11/h3-9,12-14H,10H2,1-2H3,(H,17,18)/t12-,13?,14?/m1/s1. The minimum absolute atomic E-state index is 0.112. The van der Waals surface area contributed by atoms with E-state index in [4.69, 9.17) is 14.2 Å². The number of alkyl carbamates (subject to hydrolysis) is 1. The molecule has 21 heavy (non-hydrogen) atoms. The Kier molecular flexibility index (Phi) is 3.69. The van der Waals surface area contributed by atoms with E-state index in [1.54, 1.807) is 0 Å². The van der Waals surface area contributed by atoms with E-state index < -0.39 is 11.9 Å². The van der Waals surface area contributed by atoms with Gasteiger partial charge in [-0.05, 0) is 19.4 Å². The number of rotatable bonds is 3. The molecule has 2 aliphatic rings. The largest absolute Gasteiger partial charge is 0.445 e. The summed E-state index contributed by atoms with van der Waals surface area (Å²) in [4.78, 5) is 11.9. The van der Waals surface area contributed by atoms with E-state index in [0.717, 1.165) is 5.56 Å². The fourth-order valence-electron chi connectivity index (χ4n) is 2.61. The van der Waals surface area contributed by atoms with E-state index in [1.807, 2.05) is 56.3 Å². The third-order valence-electron chi connectivity index (χ3n) is 3.52. The minimum Gasteiger partial charge on any atom is -0.445 e. The van der Waals surface area contributed by atoms with Crippen molar-refractivity contribution in [2.24, 2.45) is 0 Å². The second-order valence-corrected chi connectivity index (χ2v) is 5.68. The fourth-order valence-corrected chi connectivity index (χ4v) is 2.61. The molecule has 3 atom stereocenters. The van der Waals surface area contributed by atoms with Gasteiger partial charge in [-0.3, -0.25) is 0 Å². The van der Waals surface area contributed by atoms with Gasteiger partial charge in [0.1, 0.15) is 18.8 Å². The molecule has 0 radical (unpaired) electrons. The number of hydrogen-bond donors (Lipinski definition) is 1. The van der Waals surface area contributed by atoms with Gasteiger partial charge < -0.3 is 19.5 Å². The highest BCUT2D eigenvalue weighted by Crippen LogP contribution is 2.34. The quantitative estimate of drug-likeness (QED) is 0.868. The number of nitrogens with one attached hydrogen (secondary N) is 1. The maximum atomic E-state index is 11.9. The van der Waals surface area contributed by atoms with Crippen molar-refractivity contribution in [2.45, 2.75) is 44.5 Å². The highest BCUT2D eigenvalue weighted by molar-refractivity contribution is 5.68. The predicted octanol–water partition coefficient (Wildman–Crippen LogP) is 2.37. The van der Waals surface area contributed by atoms with Crippen molar-refractivity contribution in [3.05, 3.63) is 48.0 Å². The molecule has 1 aromatic rings. The molecule has 1 aliphatic carbocycles. The Bertz CT molecular complexity index is 540. The third kappa shape index (κ3) is 3.25. The van der Waals surface area contributed by atoms with E-state index in [1.165, 1.54) is 0 Å². The first kappa shape index (κ1) is 14.1. The summed E-state index contributed by atoms with van der Waals surface area (Å²) in [6.07, 6.45) is 3.04. The number of amides is 1. The summed E-state index contributed by atoms with van der Waals surface area (Å²) in [6, 6.07) is 9.34. The predicted molar refractivity (Wildman–Crippen MR) is 76.5 cm³/mol. The first-order chi connectivity index (χ1) is 10.0. The van der Waals surface area contributed by atoms with Crippen LogP contribution < -0.4 is 5.32 Å². The number of carbonyl (C=O) groups excluding carboxylic acids is 1. The molecule has 1 aliphatic heterocycles. The third-order valence-corrected chi connectivity index (χ3v) is 3.52. The van der Waals surface area contributed by atoms with Crippen molar-refractivity contribution in [1.82, 2.24) is 5.32 Å². The SMILES string of the molecule is CC1(C)OC2C=C[C@@H](NC(=O)OCc3ccccc3)C2O1. The van der Waals surface area contributed by atoms with Gasteiger partial charge in [0.2, 0.25) is 0 Å². The number of carbonyl (C=O) groups is 1. The number of fused-ring (bicyclic) bond motifs is 1. The van der Waals surface area contributed by atoms with Crippen LogP contribution in [0.4, 0.5) is 4.79 Å². The second kappa shape index (κ2) is 5.50. The van der Waals surface area contributed by atoms with Crippen molar-refractivity contribution < 1.29 is 19.0 Å². The van der Waals surface area contributed by atoms with Crippen LogP contribution in [-0.4, -0.2) is 30.1 Å². The van der Waals surface area contributed by atoms with Crippen LogP contribution in [0.25, 0.3) is 0 Å². The fraction of sp³-hybridized carbons (Fsp3) is 0.438. The molecule has 1 N–H and O–H groups in total. The molecule has 2 unspecified atom stereocenters. The van der Waals surface area contributed by atoms with Gasteiger partial charge in [-0.15, -0.1) is 0 Å². The monoisotopic (exact) mass is 289 g/mol. The molecule has 1 amide bonds. The normalized spacial score (nSPS) is 29.1. The molecule has 0 saturated carbocycles. The van der Waals surface area contributed by atoms with Crippen LogP contribution >= 0.6 is 0 Å². The number of ether oxygens (including phenoxy) is 3. The lowest BCUT2D eigenvalue weighted by atomic mass is 10.2. The number of benzene rings is 1. The van der Waals surface area contributed by atoms with E-state index in [-0.39, 0.29) is 24.9 Å². The maximum Gasteiger partial charge on any atom is 0.408 e. The summed E-state index contributed by atoms with van der Waals surface area (Å²) in [7, 11) is 0. The minimum atomic E-state index is -0.617. The molecule has 0 spiro atoms. The van der Waals surface area contributed by atoms with Gasteiger partial charge in [0.15, 0.2) is 5.79 Å². The zero-order valence-corrected chi connectivity index (χ0v) is 12.1. The van der Waals surface area contributed by atoms with Crippen LogP contribution in [-0.2, 0) is 20.8 Å². The van der Waals surface area contributed by atoms with E-state index in [9.17, 15) is 4.79 Å². The highest BCUT2D eigenvalue weighted by atomic mass is 16.8. The zero-order chi connectivity index (χ0) is 14.9. The van der Waals surface area contributed by atoms with E-state index in [2.05, 4.69) is 5.32 Å². The highest BCUT2D eigenvalue weighted by Gasteiger charge is 2.46. The van der Waals surface area contributed by atoms with Gasteiger partial charge >= 0.3 is 6.09 Å². The Hall–Kier alpha value is -1.85. The van der Waals surface area contributed by atoms with Gasteiger partial charge in [0.05, 0.1) is 6.04 Å². The first-order valence-corrected chi connectivity index (χ1v) is 7.05. The van der Waals surface area contributed by atoms with Gasteiger partial charge in [-0.25, -0.2) is 4.79 Å². The average molecular weight is 289 g/mol. The topological polar surface area (TPSA) is 56.8 Å². The Labute approximate surface area is 123 Å². The Morgan fingerprint density at radius 1 is 1.24 bits per heavy atom. The van der Waals surface area contributed by atoms with Crippen molar-refractivity contribution in [1.29, 1.82) is 0 Å². The summed E-state index contributed by atoms with van der Waals surface area (Å²) in [6.45, 7) is 3.98. The van der Waals surface area contributed by atoms with Crippen LogP contribution in [0.15, 0.2) is 42.5 Å². The summed E-state index contributed by atoms with van der Waals surface area (Å²) in [5.74, 6) is -0.617. The molecule has 0 aromatic heterocycles. The van der Waals surface area contributed by atoms with E-state index in [0.29, 0.717) is 0 Å². The van der Waals surface area contributed by atoms with Crippen molar-refractivity contribution >= 4 is 6.09 Å². The Morgan fingerprint density at radius 3 is 2.76 bits per heavy atom. The van der Waals surface area contributed by atoms with Gasteiger partial charge in [0.25, 0.3) is 0 Å². The molecule has 1 heterocycles. The van der Waals surface area contributed by atoms with Crippen LogP contribution in [0.3, 0.4) is 0 Å².